The highest BCUT2D eigenvalue weighted by Gasteiger charge is 2.29. The Labute approximate surface area is 223 Å². The summed E-state index contributed by atoms with van der Waals surface area (Å²) in [7, 11) is 0. The van der Waals surface area contributed by atoms with Crippen LogP contribution >= 0.6 is 15.9 Å². The predicted octanol–water partition coefficient (Wildman–Crippen LogP) is 2.91. The van der Waals surface area contributed by atoms with Gasteiger partial charge in [0.1, 0.15) is 29.5 Å². The first kappa shape index (κ1) is 29.6. The lowest BCUT2D eigenvalue weighted by Crippen LogP contribution is -2.55. The Morgan fingerprint density at radius 3 is 1.86 bits per heavy atom. The minimum absolute atomic E-state index is 0.0475. The fraction of sp³-hybridized carbons (Fsp3) is 0.385. The Morgan fingerprint density at radius 2 is 1.35 bits per heavy atom. The third kappa shape index (κ3) is 10.5. The zero-order valence-electron chi connectivity index (χ0n) is 21.1. The molecule has 37 heavy (non-hydrogen) atoms. The number of halogens is 1. The van der Waals surface area contributed by atoms with Crippen LogP contribution in [0, 0.1) is 0 Å². The molecule has 11 heteroatoms. The van der Waals surface area contributed by atoms with Crippen LogP contribution in [0.25, 0.3) is 0 Å². The first-order valence-electron chi connectivity index (χ1n) is 11.6. The molecule has 2 rings (SSSR count). The van der Waals surface area contributed by atoms with Gasteiger partial charge in [-0.2, -0.15) is 0 Å². The van der Waals surface area contributed by atoms with E-state index in [0.29, 0.717) is 11.1 Å². The number of nitrogens with one attached hydrogen (secondary N) is 3. The molecule has 0 aliphatic carbocycles. The van der Waals surface area contributed by atoms with E-state index in [1.165, 1.54) is 19.1 Å². The monoisotopic (exact) mass is 577 g/mol. The number of phenols is 1. The van der Waals surface area contributed by atoms with Gasteiger partial charge in [-0.05, 0) is 63.1 Å². The number of carbonyl (C=O) groups excluding carboxylic acids is 3. The van der Waals surface area contributed by atoms with E-state index in [0.717, 1.165) is 4.47 Å². The average molecular weight is 578 g/mol. The van der Waals surface area contributed by atoms with Crippen molar-refractivity contribution >= 4 is 39.8 Å². The van der Waals surface area contributed by atoms with Crippen molar-refractivity contribution in [2.45, 2.75) is 64.3 Å². The fourth-order valence-corrected chi connectivity index (χ4v) is 3.52. The van der Waals surface area contributed by atoms with Crippen LogP contribution < -0.4 is 16.0 Å². The highest BCUT2D eigenvalue weighted by Crippen LogP contribution is 2.14. The number of amides is 3. The van der Waals surface area contributed by atoms with Crippen LogP contribution in [0.5, 0.6) is 5.75 Å². The van der Waals surface area contributed by atoms with E-state index >= 15 is 0 Å². The third-order valence-corrected chi connectivity index (χ3v) is 5.63. The molecule has 5 N–H and O–H groups in total. The first-order chi connectivity index (χ1) is 17.2. The normalized spacial score (nSPS) is 13.5. The Bertz CT molecular complexity index is 1100. The number of alkyl carbamates (subject to hydrolysis) is 1. The molecule has 0 heterocycles. The van der Waals surface area contributed by atoms with Crippen LogP contribution in [0.1, 0.15) is 38.8 Å². The summed E-state index contributed by atoms with van der Waals surface area (Å²) < 4.78 is 6.09. The molecule has 0 saturated heterocycles. The van der Waals surface area contributed by atoms with Gasteiger partial charge in [0.15, 0.2) is 0 Å². The molecule has 0 aliphatic heterocycles. The summed E-state index contributed by atoms with van der Waals surface area (Å²) in [5.41, 5.74) is 0.562. The second-order valence-corrected chi connectivity index (χ2v) is 10.4. The van der Waals surface area contributed by atoms with E-state index in [-0.39, 0.29) is 18.6 Å². The smallest absolute Gasteiger partial charge is 0.408 e. The fourth-order valence-electron chi connectivity index (χ4n) is 3.26. The van der Waals surface area contributed by atoms with Crippen molar-refractivity contribution in [1.82, 2.24) is 16.0 Å². The van der Waals surface area contributed by atoms with E-state index < -0.39 is 47.6 Å². The van der Waals surface area contributed by atoms with Crippen molar-refractivity contribution in [1.29, 1.82) is 0 Å². The molecule has 0 fully saturated rings. The Hall–Kier alpha value is -3.60. The van der Waals surface area contributed by atoms with Gasteiger partial charge in [0.05, 0.1) is 0 Å². The quantitative estimate of drug-likeness (QED) is 0.291. The van der Waals surface area contributed by atoms with Crippen molar-refractivity contribution in [3.63, 3.8) is 0 Å². The van der Waals surface area contributed by atoms with E-state index in [1.807, 2.05) is 0 Å². The number of benzene rings is 2. The van der Waals surface area contributed by atoms with Crippen LogP contribution in [0.3, 0.4) is 0 Å². The van der Waals surface area contributed by atoms with Crippen LogP contribution in [-0.2, 0) is 32.0 Å². The van der Waals surface area contributed by atoms with Gasteiger partial charge < -0.3 is 30.9 Å². The zero-order chi connectivity index (χ0) is 27.8. The Kier molecular flexibility index (Phi) is 10.5. The molecular formula is C26H32BrN3O7. The largest absolute Gasteiger partial charge is 0.508 e. The molecule has 2 aromatic rings. The first-order valence-corrected chi connectivity index (χ1v) is 12.4. The predicted molar refractivity (Wildman–Crippen MR) is 140 cm³/mol. The van der Waals surface area contributed by atoms with E-state index in [4.69, 9.17) is 4.74 Å². The van der Waals surface area contributed by atoms with Crippen molar-refractivity contribution in [3.05, 3.63) is 64.1 Å². The summed E-state index contributed by atoms with van der Waals surface area (Å²) in [6.45, 7) is 6.46. The maximum atomic E-state index is 13.0. The van der Waals surface area contributed by atoms with E-state index in [1.54, 1.807) is 57.2 Å². The number of carboxylic acids is 1. The number of ether oxygens (including phenoxy) is 1. The maximum Gasteiger partial charge on any atom is 0.408 e. The average Bonchev–Trinajstić information content (AvgIpc) is 2.79. The van der Waals surface area contributed by atoms with Crippen molar-refractivity contribution in [2.24, 2.45) is 0 Å². The Balaban J connectivity index is 2.08. The molecule has 0 saturated carbocycles. The number of aliphatic carboxylic acids is 1. The zero-order valence-corrected chi connectivity index (χ0v) is 22.7. The number of carboxylic acid groups (broad SMARTS) is 1. The van der Waals surface area contributed by atoms with Crippen molar-refractivity contribution in [3.8, 4) is 5.75 Å². The molecule has 10 nitrogen and oxygen atoms in total. The number of hydrogen-bond acceptors (Lipinski definition) is 6. The molecule has 0 spiro atoms. The highest BCUT2D eigenvalue weighted by molar-refractivity contribution is 9.10. The van der Waals surface area contributed by atoms with Gasteiger partial charge in [-0.3, -0.25) is 9.59 Å². The molecule has 0 aromatic heterocycles. The van der Waals surface area contributed by atoms with E-state index in [2.05, 4.69) is 31.9 Å². The standard InChI is InChI=1S/C26H32BrN3O7/c1-15(22(32)29-21(24(34)35)14-16-5-9-18(27)10-6-16)28-23(33)20(30-25(36)37-26(2,3)4)13-17-7-11-19(31)12-8-17/h5-12,15,20-21,31H,13-14H2,1-4H3,(H,28,33)(H,29,32)(H,30,36)(H,34,35)/t15-,20+,21+/m1/s1. The number of phenolic OH excluding ortho intramolecular Hbond substituents is 1. The second-order valence-electron chi connectivity index (χ2n) is 9.53. The SMILES string of the molecule is C[C@@H](NC(=O)[C@H](Cc1ccc(O)cc1)NC(=O)OC(C)(C)C)C(=O)N[C@@H](Cc1ccc(Br)cc1)C(=O)O. The molecule has 3 amide bonds. The van der Waals surface area contributed by atoms with Crippen molar-refractivity contribution in [2.75, 3.05) is 0 Å². The van der Waals surface area contributed by atoms with Crippen molar-refractivity contribution < 1.29 is 34.1 Å². The summed E-state index contributed by atoms with van der Waals surface area (Å²) in [5, 5.41) is 26.6. The maximum absolute atomic E-state index is 13.0. The van der Waals surface area contributed by atoms with Gasteiger partial charge in [-0.1, -0.05) is 40.2 Å². The Morgan fingerprint density at radius 1 is 0.838 bits per heavy atom. The summed E-state index contributed by atoms with van der Waals surface area (Å²) in [5.74, 6) is -2.53. The lowest BCUT2D eigenvalue weighted by atomic mass is 10.0. The van der Waals surface area contributed by atoms with Gasteiger partial charge in [-0.25, -0.2) is 9.59 Å². The van der Waals surface area contributed by atoms with Gasteiger partial charge in [0.2, 0.25) is 11.8 Å². The summed E-state index contributed by atoms with van der Waals surface area (Å²) in [6, 6.07) is 9.72. The summed E-state index contributed by atoms with van der Waals surface area (Å²) in [6.07, 6.45) is -0.705. The summed E-state index contributed by atoms with van der Waals surface area (Å²) >= 11 is 3.32. The molecule has 2 aromatic carbocycles. The van der Waals surface area contributed by atoms with Crippen LogP contribution in [0.15, 0.2) is 53.0 Å². The molecular weight excluding hydrogens is 546 g/mol. The molecule has 3 atom stereocenters. The lowest BCUT2D eigenvalue weighted by molar-refractivity contribution is -0.142. The van der Waals surface area contributed by atoms with Gasteiger partial charge in [-0.15, -0.1) is 0 Å². The van der Waals surface area contributed by atoms with Crippen LogP contribution in [-0.4, -0.2) is 57.8 Å². The third-order valence-electron chi connectivity index (χ3n) is 5.10. The van der Waals surface area contributed by atoms with E-state index in [9.17, 15) is 29.4 Å². The minimum atomic E-state index is -1.22. The van der Waals surface area contributed by atoms with Gasteiger partial charge in [0, 0.05) is 17.3 Å². The highest BCUT2D eigenvalue weighted by atomic mass is 79.9. The number of aromatic hydroxyl groups is 1. The van der Waals surface area contributed by atoms with Gasteiger partial charge in [0.25, 0.3) is 0 Å². The molecule has 0 aliphatic rings. The number of hydrogen-bond donors (Lipinski definition) is 5. The summed E-state index contributed by atoms with van der Waals surface area (Å²) in [4.78, 5) is 49.9. The molecule has 0 radical (unpaired) electrons. The number of carbonyl (C=O) groups is 4. The molecule has 200 valence electrons. The minimum Gasteiger partial charge on any atom is -0.508 e. The molecule has 0 unspecified atom stereocenters. The number of rotatable bonds is 10. The topological polar surface area (TPSA) is 154 Å². The van der Waals surface area contributed by atoms with Gasteiger partial charge >= 0.3 is 12.1 Å². The molecule has 0 bridgehead atoms. The second kappa shape index (κ2) is 13.1. The van der Waals surface area contributed by atoms with Crippen LogP contribution in [0.2, 0.25) is 0 Å². The lowest BCUT2D eigenvalue weighted by Gasteiger charge is -2.25. The van der Waals surface area contributed by atoms with Crippen LogP contribution in [0.4, 0.5) is 4.79 Å².